The van der Waals surface area contributed by atoms with E-state index in [-0.39, 0.29) is 30.7 Å². The third kappa shape index (κ3) is 3.29. The number of carboxylic acids is 1. The Balaban J connectivity index is 1.93. The first-order valence-corrected chi connectivity index (χ1v) is 7.31. The van der Waals surface area contributed by atoms with Crippen LogP contribution in [0.3, 0.4) is 0 Å². The summed E-state index contributed by atoms with van der Waals surface area (Å²) in [5.41, 5.74) is -0.831. The second-order valence-corrected chi connectivity index (χ2v) is 5.92. The molecule has 3 N–H and O–H groups in total. The standard InChI is InChI=1S/C14H22N2O4/c17-11-7-10(8-15-11)12(18)16-9-14(13(19)20)5-3-1-2-4-6-14/h10H,1-9H2,(H,15,17)(H,16,18)(H,19,20). The summed E-state index contributed by atoms with van der Waals surface area (Å²) in [5, 5.41) is 14.9. The fraction of sp³-hybridized carbons (Fsp3) is 0.786. The van der Waals surface area contributed by atoms with Crippen LogP contribution in [0, 0.1) is 11.3 Å². The number of carbonyl (C=O) groups excluding carboxylic acids is 2. The van der Waals surface area contributed by atoms with Gasteiger partial charge in [-0.25, -0.2) is 0 Å². The molecule has 1 saturated heterocycles. The first-order chi connectivity index (χ1) is 9.53. The van der Waals surface area contributed by atoms with Gasteiger partial charge < -0.3 is 15.7 Å². The highest BCUT2D eigenvalue weighted by molar-refractivity contribution is 5.89. The minimum absolute atomic E-state index is 0.118. The molecule has 2 fully saturated rings. The predicted molar refractivity (Wildman–Crippen MR) is 71.9 cm³/mol. The van der Waals surface area contributed by atoms with Gasteiger partial charge in [-0.3, -0.25) is 14.4 Å². The number of hydrogen-bond donors (Lipinski definition) is 3. The normalized spacial score (nSPS) is 25.6. The molecule has 1 heterocycles. The molecule has 2 aliphatic rings. The quantitative estimate of drug-likeness (QED) is 0.660. The molecule has 0 bridgehead atoms. The molecule has 20 heavy (non-hydrogen) atoms. The number of nitrogens with one attached hydrogen (secondary N) is 2. The Morgan fingerprint density at radius 2 is 1.90 bits per heavy atom. The average molecular weight is 282 g/mol. The van der Waals surface area contributed by atoms with Crippen LogP contribution in [0.5, 0.6) is 0 Å². The van der Waals surface area contributed by atoms with Crippen LogP contribution in [0.1, 0.15) is 44.9 Å². The summed E-state index contributed by atoms with van der Waals surface area (Å²) in [6.07, 6.45) is 5.34. The Kier molecular flexibility index (Phi) is 4.62. The lowest BCUT2D eigenvalue weighted by molar-refractivity contribution is -0.150. The van der Waals surface area contributed by atoms with Gasteiger partial charge in [-0.1, -0.05) is 25.7 Å². The monoisotopic (exact) mass is 282 g/mol. The average Bonchev–Trinajstić information content (AvgIpc) is 2.71. The first kappa shape index (κ1) is 14.8. The molecule has 2 rings (SSSR count). The van der Waals surface area contributed by atoms with Crippen LogP contribution in [0.25, 0.3) is 0 Å². The fourth-order valence-corrected chi connectivity index (χ4v) is 3.06. The van der Waals surface area contributed by atoms with E-state index < -0.39 is 11.4 Å². The molecule has 1 aliphatic heterocycles. The van der Waals surface area contributed by atoms with E-state index in [4.69, 9.17) is 0 Å². The highest BCUT2D eigenvalue weighted by atomic mass is 16.4. The smallest absolute Gasteiger partial charge is 0.311 e. The number of hydrogen-bond acceptors (Lipinski definition) is 3. The van der Waals surface area contributed by atoms with Crippen molar-refractivity contribution in [2.45, 2.75) is 44.9 Å². The van der Waals surface area contributed by atoms with Crippen molar-refractivity contribution in [3.05, 3.63) is 0 Å². The Morgan fingerprint density at radius 3 is 2.40 bits per heavy atom. The van der Waals surface area contributed by atoms with E-state index in [9.17, 15) is 19.5 Å². The molecule has 0 aromatic heterocycles. The van der Waals surface area contributed by atoms with Gasteiger partial charge in [0.15, 0.2) is 0 Å². The maximum Gasteiger partial charge on any atom is 0.311 e. The van der Waals surface area contributed by atoms with Gasteiger partial charge >= 0.3 is 5.97 Å². The van der Waals surface area contributed by atoms with E-state index in [0.29, 0.717) is 19.4 Å². The Hall–Kier alpha value is -1.59. The van der Waals surface area contributed by atoms with Crippen molar-refractivity contribution < 1.29 is 19.5 Å². The zero-order valence-electron chi connectivity index (χ0n) is 11.6. The van der Waals surface area contributed by atoms with E-state index in [0.717, 1.165) is 25.7 Å². The minimum Gasteiger partial charge on any atom is -0.481 e. The lowest BCUT2D eigenvalue weighted by Gasteiger charge is -2.28. The van der Waals surface area contributed by atoms with Crippen LogP contribution >= 0.6 is 0 Å². The van der Waals surface area contributed by atoms with Crippen molar-refractivity contribution >= 4 is 17.8 Å². The Bertz CT molecular complexity index is 400. The van der Waals surface area contributed by atoms with E-state index in [1.807, 2.05) is 0 Å². The Labute approximate surface area is 118 Å². The largest absolute Gasteiger partial charge is 0.481 e. The molecular formula is C14H22N2O4. The summed E-state index contributed by atoms with van der Waals surface area (Å²) in [5.74, 6) is -1.51. The molecule has 112 valence electrons. The first-order valence-electron chi connectivity index (χ1n) is 7.31. The van der Waals surface area contributed by atoms with Crippen molar-refractivity contribution in [3.63, 3.8) is 0 Å². The second kappa shape index (κ2) is 6.24. The lowest BCUT2D eigenvalue weighted by atomic mass is 9.80. The van der Waals surface area contributed by atoms with Crippen molar-refractivity contribution in [1.82, 2.24) is 10.6 Å². The van der Waals surface area contributed by atoms with Gasteiger partial charge in [-0.05, 0) is 12.8 Å². The van der Waals surface area contributed by atoms with Crippen molar-refractivity contribution in [2.24, 2.45) is 11.3 Å². The van der Waals surface area contributed by atoms with Crippen LogP contribution in [0.15, 0.2) is 0 Å². The number of rotatable bonds is 4. The third-order valence-corrected chi connectivity index (χ3v) is 4.46. The molecule has 2 amide bonds. The van der Waals surface area contributed by atoms with Gasteiger partial charge in [-0.2, -0.15) is 0 Å². The summed E-state index contributed by atoms with van der Waals surface area (Å²) >= 11 is 0. The van der Waals surface area contributed by atoms with Crippen molar-refractivity contribution in [3.8, 4) is 0 Å². The summed E-state index contributed by atoms with van der Waals surface area (Å²) < 4.78 is 0. The number of carboxylic acid groups (broad SMARTS) is 1. The van der Waals surface area contributed by atoms with Crippen LogP contribution in [-0.4, -0.2) is 36.0 Å². The summed E-state index contributed by atoms with van der Waals surface area (Å²) in [4.78, 5) is 34.7. The minimum atomic E-state index is -0.831. The van der Waals surface area contributed by atoms with Gasteiger partial charge in [0.1, 0.15) is 0 Å². The lowest BCUT2D eigenvalue weighted by Crippen LogP contribution is -2.44. The topological polar surface area (TPSA) is 95.5 Å². The molecule has 1 atom stereocenters. The number of aliphatic carboxylic acids is 1. The molecule has 0 aromatic carbocycles. The molecule has 6 heteroatoms. The van der Waals surface area contributed by atoms with Gasteiger partial charge in [0.2, 0.25) is 11.8 Å². The van der Waals surface area contributed by atoms with Crippen LogP contribution in [0.4, 0.5) is 0 Å². The molecule has 1 aliphatic carbocycles. The van der Waals surface area contributed by atoms with Crippen LogP contribution < -0.4 is 10.6 Å². The summed E-state index contributed by atoms with van der Waals surface area (Å²) in [6.45, 7) is 0.524. The van der Waals surface area contributed by atoms with Gasteiger partial charge in [0.25, 0.3) is 0 Å². The van der Waals surface area contributed by atoms with E-state index in [1.165, 1.54) is 0 Å². The fourth-order valence-electron chi connectivity index (χ4n) is 3.06. The molecule has 1 unspecified atom stereocenters. The number of amides is 2. The Morgan fingerprint density at radius 1 is 1.25 bits per heavy atom. The summed E-state index contributed by atoms with van der Waals surface area (Å²) in [6, 6.07) is 0. The van der Waals surface area contributed by atoms with E-state index >= 15 is 0 Å². The van der Waals surface area contributed by atoms with E-state index in [1.54, 1.807) is 0 Å². The van der Waals surface area contributed by atoms with Gasteiger partial charge in [0.05, 0.1) is 11.3 Å². The third-order valence-electron chi connectivity index (χ3n) is 4.46. The molecule has 6 nitrogen and oxygen atoms in total. The SMILES string of the molecule is O=C1CC(C(=O)NCC2(C(=O)O)CCCCCC2)CN1. The zero-order valence-corrected chi connectivity index (χ0v) is 11.6. The molecule has 0 aromatic rings. The number of carbonyl (C=O) groups is 3. The highest BCUT2D eigenvalue weighted by Crippen LogP contribution is 2.35. The predicted octanol–water partition coefficient (Wildman–Crippen LogP) is 0.664. The van der Waals surface area contributed by atoms with Gasteiger partial charge in [-0.15, -0.1) is 0 Å². The van der Waals surface area contributed by atoms with Crippen LogP contribution in [0.2, 0.25) is 0 Å². The van der Waals surface area contributed by atoms with E-state index in [2.05, 4.69) is 10.6 Å². The molecule has 0 spiro atoms. The zero-order chi connectivity index (χ0) is 14.6. The summed E-state index contributed by atoms with van der Waals surface area (Å²) in [7, 11) is 0. The second-order valence-electron chi connectivity index (χ2n) is 5.92. The molecule has 0 radical (unpaired) electrons. The maximum atomic E-state index is 12.0. The maximum absolute atomic E-state index is 12.0. The van der Waals surface area contributed by atoms with Gasteiger partial charge in [0, 0.05) is 19.5 Å². The highest BCUT2D eigenvalue weighted by Gasteiger charge is 2.39. The molecular weight excluding hydrogens is 260 g/mol. The van der Waals surface area contributed by atoms with Crippen LogP contribution in [-0.2, 0) is 14.4 Å². The van der Waals surface area contributed by atoms with Crippen molar-refractivity contribution in [1.29, 1.82) is 0 Å². The van der Waals surface area contributed by atoms with Crippen molar-refractivity contribution in [2.75, 3.05) is 13.1 Å². The molecule has 1 saturated carbocycles.